The van der Waals surface area contributed by atoms with Crippen LogP contribution < -0.4 is 15.4 Å². The van der Waals surface area contributed by atoms with Crippen LogP contribution in [0.25, 0.3) is 5.69 Å². The maximum absolute atomic E-state index is 12.8. The van der Waals surface area contributed by atoms with Gasteiger partial charge in [-0.2, -0.15) is 0 Å². The van der Waals surface area contributed by atoms with Gasteiger partial charge in [0.2, 0.25) is 0 Å². The molecule has 0 aliphatic carbocycles. The molecular weight excluding hydrogens is 517 g/mol. The van der Waals surface area contributed by atoms with Crippen molar-refractivity contribution in [2.24, 2.45) is 0 Å². The minimum atomic E-state index is -0.466. The Balaban J connectivity index is 1.58. The zero-order valence-electron chi connectivity index (χ0n) is 20.0. The summed E-state index contributed by atoms with van der Waals surface area (Å²) < 4.78 is 7.29. The van der Waals surface area contributed by atoms with Gasteiger partial charge in [0.15, 0.2) is 11.0 Å². The number of rotatable bonds is 8. The first kappa shape index (κ1) is 25.9. The van der Waals surface area contributed by atoms with E-state index in [1.165, 1.54) is 0 Å². The number of anilines is 1. The zero-order chi connectivity index (χ0) is 25.7. The van der Waals surface area contributed by atoms with E-state index in [1.54, 1.807) is 37.1 Å². The van der Waals surface area contributed by atoms with Crippen molar-refractivity contribution in [3.8, 4) is 11.4 Å². The summed E-state index contributed by atoms with van der Waals surface area (Å²) in [5, 5.41) is 15.9. The Kier molecular flexibility index (Phi) is 8.40. The van der Waals surface area contributed by atoms with E-state index < -0.39 is 12.1 Å². The number of para-hydroxylation sites is 1. The molecule has 0 saturated heterocycles. The van der Waals surface area contributed by atoms with Crippen molar-refractivity contribution in [1.29, 1.82) is 0 Å². The van der Waals surface area contributed by atoms with Gasteiger partial charge >= 0.3 is 6.03 Å². The van der Waals surface area contributed by atoms with Crippen molar-refractivity contribution in [2.45, 2.75) is 30.8 Å². The summed E-state index contributed by atoms with van der Waals surface area (Å²) in [7, 11) is 1.65. The van der Waals surface area contributed by atoms with Crippen LogP contribution in [-0.4, -0.2) is 27.9 Å². The van der Waals surface area contributed by atoms with E-state index in [4.69, 9.17) is 27.9 Å². The molecule has 2 N–H and O–H groups in total. The molecule has 36 heavy (non-hydrogen) atoms. The fourth-order valence-electron chi connectivity index (χ4n) is 3.53. The highest BCUT2D eigenvalue weighted by Gasteiger charge is 2.22. The molecule has 1 aromatic heterocycles. The molecule has 186 valence electrons. The highest BCUT2D eigenvalue weighted by molar-refractivity contribution is 7.98. The van der Waals surface area contributed by atoms with E-state index in [0.29, 0.717) is 32.5 Å². The lowest BCUT2D eigenvalue weighted by Crippen LogP contribution is -2.32. The van der Waals surface area contributed by atoms with Gasteiger partial charge in [0, 0.05) is 11.4 Å². The SMILES string of the molecule is COc1cccc(CSc2nnc(C(C)NC(=O)Nc3c(Cl)cccc3Cl)n2-c2ccc(C)cc2)c1. The molecule has 0 aliphatic rings. The predicted octanol–water partition coefficient (Wildman–Crippen LogP) is 7.07. The number of urea groups is 1. The predicted molar refractivity (Wildman–Crippen MR) is 146 cm³/mol. The number of amides is 2. The van der Waals surface area contributed by atoms with Crippen LogP contribution in [0.5, 0.6) is 5.75 Å². The van der Waals surface area contributed by atoms with Gasteiger partial charge in [-0.3, -0.25) is 4.57 Å². The van der Waals surface area contributed by atoms with Crippen molar-refractivity contribution in [3.05, 3.63) is 93.7 Å². The molecule has 1 atom stereocenters. The number of thioether (sulfide) groups is 1. The molecule has 3 aromatic carbocycles. The van der Waals surface area contributed by atoms with Crippen LogP contribution in [0.4, 0.5) is 10.5 Å². The fourth-order valence-corrected chi connectivity index (χ4v) is 4.92. The highest BCUT2D eigenvalue weighted by atomic mass is 35.5. The van der Waals surface area contributed by atoms with E-state index in [0.717, 1.165) is 22.6 Å². The van der Waals surface area contributed by atoms with Crippen LogP contribution in [-0.2, 0) is 5.75 Å². The molecule has 2 amide bonds. The molecule has 0 aliphatic heterocycles. The number of halogens is 2. The number of ether oxygens (including phenoxy) is 1. The Bertz CT molecular complexity index is 1340. The Morgan fingerprint density at radius 1 is 1.06 bits per heavy atom. The van der Waals surface area contributed by atoms with E-state index in [2.05, 4.69) is 20.8 Å². The first-order valence-corrected chi connectivity index (χ1v) is 12.9. The number of aromatic nitrogens is 3. The van der Waals surface area contributed by atoms with E-state index in [9.17, 15) is 4.79 Å². The molecule has 0 radical (unpaired) electrons. The molecule has 0 fully saturated rings. The molecule has 4 rings (SSSR count). The van der Waals surface area contributed by atoms with Gasteiger partial charge in [-0.25, -0.2) is 4.79 Å². The number of carbonyl (C=O) groups excluding carboxylic acids is 1. The Morgan fingerprint density at radius 2 is 1.75 bits per heavy atom. The summed E-state index contributed by atoms with van der Waals surface area (Å²) in [6.45, 7) is 3.88. The smallest absolute Gasteiger partial charge is 0.319 e. The number of benzene rings is 3. The van der Waals surface area contributed by atoms with Crippen molar-refractivity contribution in [3.63, 3.8) is 0 Å². The van der Waals surface area contributed by atoms with Gasteiger partial charge in [0.25, 0.3) is 0 Å². The number of carbonyl (C=O) groups is 1. The Labute approximate surface area is 224 Å². The molecule has 7 nitrogen and oxygen atoms in total. The standard InChI is InChI=1S/C26H25Cl2N5O2S/c1-16-10-12-19(13-11-16)33-24(17(2)29-25(34)30-23-21(27)8-5-9-22(23)28)31-32-26(33)36-15-18-6-4-7-20(14-18)35-3/h4-14,17H,15H2,1-3H3,(H2,29,30,34). The summed E-state index contributed by atoms with van der Waals surface area (Å²) in [5.41, 5.74) is 3.49. The van der Waals surface area contributed by atoms with Gasteiger partial charge in [0.1, 0.15) is 5.75 Å². The van der Waals surface area contributed by atoms with Gasteiger partial charge < -0.3 is 15.4 Å². The van der Waals surface area contributed by atoms with Crippen LogP contribution in [0.2, 0.25) is 10.0 Å². The largest absolute Gasteiger partial charge is 0.497 e. The number of hydrogen-bond donors (Lipinski definition) is 2. The molecular formula is C26H25Cl2N5O2S. The third-order valence-electron chi connectivity index (χ3n) is 5.39. The highest BCUT2D eigenvalue weighted by Crippen LogP contribution is 2.31. The first-order valence-electron chi connectivity index (χ1n) is 11.2. The number of methoxy groups -OCH3 is 1. The van der Waals surface area contributed by atoms with Crippen LogP contribution >= 0.6 is 35.0 Å². The van der Waals surface area contributed by atoms with Crippen molar-refractivity contribution >= 4 is 46.7 Å². The summed E-state index contributed by atoms with van der Waals surface area (Å²) in [4.78, 5) is 12.8. The van der Waals surface area contributed by atoms with Crippen LogP contribution in [0.15, 0.2) is 71.9 Å². The maximum atomic E-state index is 12.8. The van der Waals surface area contributed by atoms with Crippen LogP contribution in [0, 0.1) is 6.92 Å². The third kappa shape index (κ3) is 6.13. The third-order valence-corrected chi connectivity index (χ3v) is 7.02. The van der Waals surface area contributed by atoms with E-state index in [1.807, 2.05) is 66.9 Å². The summed E-state index contributed by atoms with van der Waals surface area (Å²) >= 11 is 13.9. The van der Waals surface area contributed by atoms with Gasteiger partial charge in [-0.15, -0.1) is 10.2 Å². The number of nitrogens with one attached hydrogen (secondary N) is 2. The second kappa shape index (κ2) is 11.7. The Morgan fingerprint density at radius 3 is 2.44 bits per heavy atom. The van der Waals surface area contributed by atoms with Crippen molar-refractivity contribution in [1.82, 2.24) is 20.1 Å². The lowest BCUT2D eigenvalue weighted by Gasteiger charge is -2.17. The second-order valence-corrected chi connectivity index (χ2v) is 9.83. The minimum Gasteiger partial charge on any atom is -0.497 e. The molecule has 0 bridgehead atoms. The number of nitrogens with zero attached hydrogens (tertiary/aromatic N) is 3. The topological polar surface area (TPSA) is 81.1 Å². The summed E-state index contributed by atoms with van der Waals surface area (Å²) in [5.74, 6) is 2.07. The van der Waals surface area contributed by atoms with Crippen molar-refractivity contribution in [2.75, 3.05) is 12.4 Å². The minimum absolute atomic E-state index is 0.347. The molecule has 4 aromatic rings. The lowest BCUT2D eigenvalue weighted by atomic mass is 10.2. The molecule has 0 saturated carbocycles. The number of aryl methyl sites for hydroxylation is 1. The molecule has 0 spiro atoms. The average molecular weight is 542 g/mol. The van der Waals surface area contributed by atoms with Gasteiger partial charge in [0.05, 0.1) is 28.9 Å². The molecule has 1 heterocycles. The number of hydrogen-bond acceptors (Lipinski definition) is 5. The quantitative estimate of drug-likeness (QED) is 0.233. The first-order chi connectivity index (χ1) is 17.4. The summed E-state index contributed by atoms with van der Waals surface area (Å²) in [6.07, 6.45) is 0. The normalized spacial score (nSPS) is 11.7. The van der Waals surface area contributed by atoms with E-state index >= 15 is 0 Å². The van der Waals surface area contributed by atoms with Crippen molar-refractivity contribution < 1.29 is 9.53 Å². The maximum Gasteiger partial charge on any atom is 0.319 e. The zero-order valence-corrected chi connectivity index (χ0v) is 22.3. The fraction of sp³-hybridized carbons (Fsp3) is 0.192. The second-order valence-electron chi connectivity index (χ2n) is 8.07. The average Bonchev–Trinajstić information content (AvgIpc) is 3.30. The van der Waals surface area contributed by atoms with E-state index in [-0.39, 0.29) is 0 Å². The lowest BCUT2D eigenvalue weighted by molar-refractivity contribution is 0.249. The molecule has 10 heteroatoms. The van der Waals surface area contributed by atoms with Gasteiger partial charge in [-0.1, -0.05) is 70.9 Å². The Hall–Kier alpha value is -3.20. The summed E-state index contributed by atoms with van der Waals surface area (Å²) in [6, 6.07) is 20.1. The van der Waals surface area contributed by atoms with Gasteiger partial charge in [-0.05, 0) is 55.8 Å². The van der Waals surface area contributed by atoms with Crippen LogP contribution in [0.3, 0.4) is 0 Å². The van der Waals surface area contributed by atoms with Crippen LogP contribution in [0.1, 0.15) is 29.9 Å². The monoisotopic (exact) mass is 541 g/mol. The molecule has 1 unspecified atom stereocenters.